The number of aliphatic hydroxyl groups is 7. The lowest BCUT2D eigenvalue weighted by Crippen LogP contribution is -2.60. The minimum absolute atomic E-state index is 0.114. The van der Waals surface area contributed by atoms with Gasteiger partial charge in [0.2, 0.25) is 0 Å². The summed E-state index contributed by atoms with van der Waals surface area (Å²) in [6.45, 7) is -0.527. The largest absolute Gasteiger partial charge is 0.394 e. The zero-order valence-electron chi connectivity index (χ0n) is 13.3. The Labute approximate surface area is 138 Å². The number of methoxy groups -OCH3 is 1. The topological polar surface area (TPSA) is 169 Å². The predicted molar refractivity (Wildman–Crippen MR) is 76.7 cm³/mol. The molecule has 2 fully saturated rings. The molecule has 0 bridgehead atoms. The number of aliphatic hydroxyl groups excluding tert-OH is 7. The average molecular weight is 354 g/mol. The molecule has 10 atom stereocenters. The summed E-state index contributed by atoms with van der Waals surface area (Å²) in [5.74, 6) is 0. The van der Waals surface area contributed by atoms with Crippen molar-refractivity contribution in [3.8, 4) is 0 Å². The summed E-state index contributed by atoms with van der Waals surface area (Å²) in [5.41, 5.74) is 0. The SMILES string of the molecule is CO[C@@H]1O[C@H](CC[C@@H]2O[C@H](CO)[C@@H](O)[C@H](O)[C@H]2O)[C@@H](O)[C@H](O)[C@H]1O. The van der Waals surface area contributed by atoms with E-state index >= 15 is 0 Å². The molecule has 2 aliphatic rings. The van der Waals surface area contributed by atoms with Crippen LogP contribution < -0.4 is 0 Å². The molecule has 142 valence electrons. The number of ether oxygens (including phenoxy) is 3. The standard InChI is InChI=1S/C14H26O10/c1-22-14-13(21)12(20)9(17)6(24-14)3-2-5-8(16)11(19)10(18)7(4-15)23-5/h5-21H,2-4H2,1H3/t5-,6+,7+,8-,9+,10+,11+,12-,13+,14+/m0/s1. The van der Waals surface area contributed by atoms with Crippen LogP contribution in [0.15, 0.2) is 0 Å². The minimum atomic E-state index is -1.47. The van der Waals surface area contributed by atoms with Crippen molar-refractivity contribution in [1.29, 1.82) is 0 Å². The highest BCUT2D eigenvalue weighted by atomic mass is 16.7. The van der Waals surface area contributed by atoms with Gasteiger partial charge in [0.25, 0.3) is 0 Å². The molecule has 24 heavy (non-hydrogen) atoms. The maximum absolute atomic E-state index is 9.99. The quantitative estimate of drug-likeness (QED) is 0.259. The molecule has 0 spiro atoms. The van der Waals surface area contributed by atoms with Gasteiger partial charge in [-0.25, -0.2) is 0 Å². The maximum atomic E-state index is 9.99. The highest BCUT2D eigenvalue weighted by Crippen LogP contribution is 2.28. The zero-order valence-corrected chi connectivity index (χ0v) is 13.3. The first kappa shape index (κ1) is 19.9. The van der Waals surface area contributed by atoms with E-state index in [2.05, 4.69) is 0 Å². The fraction of sp³-hybridized carbons (Fsp3) is 1.00. The van der Waals surface area contributed by atoms with Gasteiger partial charge in [-0.3, -0.25) is 0 Å². The molecule has 0 unspecified atom stereocenters. The number of hydrogen-bond donors (Lipinski definition) is 7. The molecular formula is C14H26O10. The van der Waals surface area contributed by atoms with E-state index in [1.807, 2.05) is 0 Å². The van der Waals surface area contributed by atoms with Crippen LogP contribution in [0, 0.1) is 0 Å². The maximum Gasteiger partial charge on any atom is 0.186 e. The summed E-state index contributed by atoms with van der Waals surface area (Å²) in [6, 6.07) is 0. The van der Waals surface area contributed by atoms with E-state index in [1.165, 1.54) is 7.11 Å². The third-order valence-corrected chi connectivity index (χ3v) is 4.63. The molecule has 7 N–H and O–H groups in total. The van der Waals surface area contributed by atoms with E-state index in [0.717, 1.165) is 0 Å². The summed E-state index contributed by atoms with van der Waals surface area (Å²) in [4.78, 5) is 0. The van der Waals surface area contributed by atoms with Crippen LogP contribution in [-0.2, 0) is 14.2 Å². The second-order valence-corrected chi connectivity index (χ2v) is 6.20. The molecule has 0 aromatic rings. The van der Waals surface area contributed by atoms with Crippen LogP contribution in [0.3, 0.4) is 0 Å². The van der Waals surface area contributed by atoms with Gasteiger partial charge in [0.15, 0.2) is 6.29 Å². The number of hydrogen-bond acceptors (Lipinski definition) is 10. The van der Waals surface area contributed by atoms with Crippen molar-refractivity contribution >= 4 is 0 Å². The first-order valence-electron chi connectivity index (χ1n) is 7.84. The first-order valence-corrected chi connectivity index (χ1v) is 7.84. The monoisotopic (exact) mass is 354 g/mol. The van der Waals surface area contributed by atoms with Crippen molar-refractivity contribution in [3.63, 3.8) is 0 Å². The van der Waals surface area contributed by atoms with Gasteiger partial charge >= 0.3 is 0 Å². The van der Waals surface area contributed by atoms with Gasteiger partial charge in [0, 0.05) is 7.11 Å². The fourth-order valence-electron chi connectivity index (χ4n) is 3.10. The van der Waals surface area contributed by atoms with Gasteiger partial charge in [-0.2, -0.15) is 0 Å². The highest BCUT2D eigenvalue weighted by molar-refractivity contribution is 4.94. The van der Waals surface area contributed by atoms with Crippen LogP contribution in [0.4, 0.5) is 0 Å². The second kappa shape index (κ2) is 8.32. The first-order chi connectivity index (χ1) is 11.3. The lowest BCUT2D eigenvalue weighted by atomic mass is 9.90. The van der Waals surface area contributed by atoms with Gasteiger partial charge in [-0.1, -0.05) is 0 Å². The van der Waals surface area contributed by atoms with Crippen molar-refractivity contribution in [2.45, 2.75) is 74.1 Å². The van der Waals surface area contributed by atoms with E-state index in [4.69, 9.17) is 19.3 Å². The predicted octanol–water partition coefficient (Wildman–Crippen LogP) is -3.94. The Kier molecular flexibility index (Phi) is 6.90. The molecule has 0 aromatic carbocycles. The Morgan fingerprint density at radius 1 is 0.667 bits per heavy atom. The van der Waals surface area contributed by atoms with Crippen LogP contribution in [0.1, 0.15) is 12.8 Å². The van der Waals surface area contributed by atoms with E-state index in [0.29, 0.717) is 0 Å². The summed E-state index contributed by atoms with van der Waals surface area (Å²) in [6.07, 6.45) is -12.2. The Hall–Kier alpha value is -0.400. The molecule has 10 nitrogen and oxygen atoms in total. The second-order valence-electron chi connectivity index (χ2n) is 6.20. The van der Waals surface area contributed by atoms with E-state index in [-0.39, 0.29) is 12.8 Å². The van der Waals surface area contributed by atoms with Crippen molar-refractivity contribution in [2.75, 3.05) is 13.7 Å². The molecule has 2 rings (SSSR count). The molecular weight excluding hydrogens is 328 g/mol. The van der Waals surface area contributed by atoms with E-state index < -0.39 is 67.8 Å². The summed E-state index contributed by atoms with van der Waals surface area (Å²) >= 11 is 0. The Bertz CT molecular complexity index is 356. The van der Waals surface area contributed by atoms with Crippen LogP contribution >= 0.6 is 0 Å². The molecule has 10 heteroatoms. The highest BCUT2D eigenvalue weighted by Gasteiger charge is 2.46. The van der Waals surface area contributed by atoms with Crippen molar-refractivity contribution < 1.29 is 50.0 Å². The summed E-state index contributed by atoms with van der Waals surface area (Å²) < 4.78 is 15.6. The van der Waals surface area contributed by atoms with Crippen LogP contribution in [0.25, 0.3) is 0 Å². The fourth-order valence-corrected chi connectivity index (χ4v) is 3.10. The van der Waals surface area contributed by atoms with Gasteiger partial charge in [-0.05, 0) is 12.8 Å². The van der Waals surface area contributed by atoms with Crippen LogP contribution in [0.5, 0.6) is 0 Å². The van der Waals surface area contributed by atoms with E-state index in [1.54, 1.807) is 0 Å². The molecule has 0 saturated carbocycles. The van der Waals surface area contributed by atoms with E-state index in [9.17, 15) is 30.6 Å². The van der Waals surface area contributed by atoms with Gasteiger partial charge < -0.3 is 50.0 Å². The van der Waals surface area contributed by atoms with Crippen molar-refractivity contribution in [3.05, 3.63) is 0 Å². The summed E-state index contributed by atoms with van der Waals surface area (Å²) in [7, 11) is 1.28. The molecule has 0 radical (unpaired) electrons. The lowest BCUT2D eigenvalue weighted by Gasteiger charge is -2.42. The Balaban J connectivity index is 1.96. The molecule has 2 heterocycles. The third-order valence-electron chi connectivity index (χ3n) is 4.63. The van der Waals surface area contributed by atoms with Gasteiger partial charge in [0.05, 0.1) is 18.8 Å². The van der Waals surface area contributed by atoms with Crippen molar-refractivity contribution in [1.82, 2.24) is 0 Å². The van der Waals surface area contributed by atoms with Crippen LogP contribution in [-0.4, -0.2) is 111 Å². The normalized spacial score (nSPS) is 50.0. The summed E-state index contributed by atoms with van der Waals surface area (Å²) in [5, 5.41) is 68.1. The van der Waals surface area contributed by atoms with Gasteiger partial charge in [0.1, 0.15) is 42.7 Å². The van der Waals surface area contributed by atoms with Gasteiger partial charge in [-0.15, -0.1) is 0 Å². The molecule has 0 aliphatic carbocycles. The third kappa shape index (κ3) is 3.88. The Morgan fingerprint density at radius 3 is 1.62 bits per heavy atom. The molecule has 2 aliphatic heterocycles. The molecule has 0 aromatic heterocycles. The minimum Gasteiger partial charge on any atom is -0.394 e. The molecule has 0 amide bonds. The van der Waals surface area contributed by atoms with Crippen molar-refractivity contribution in [2.24, 2.45) is 0 Å². The Morgan fingerprint density at radius 2 is 1.12 bits per heavy atom. The average Bonchev–Trinajstić information content (AvgIpc) is 2.58. The number of rotatable bonds is 5. The molecule has 2 saturated heterocycles. The smallest absolute Gasteiger partial charge is 0.186 e. The lowest BCUT2D eigenvalue weighted by molar-refractivity contribution is -0.293. The zero-order chi connectivity index (χ0) is 18.0. The van der Waals surface area contributed by atoms with Crippen LogP contribution in [0.2, 0.25) is 0 Å².